The van der Waals surface area contributed by atoms with Gasteiger partial charge in [0.15, 0.2) is 0 Å². The number of para-hydroxylation sites is 1. The molecule has 0 aliphatic carbocycles. The number of hydrogen-bond donors (Lipinski definition) is 1. The lowest BCUT2D eigenvalue weighted by Gasteiger charge is -2.19. The highest BCUT2D eigenvalue weighted by atomic mass is 35.5. The topological polar surface area (TPSA) is 58.1 Å². The average molecular weight is 339 g/mol. The van der Waals surface area contributed by atoms with Crippen LogP contribution in [0, 0.1) is 0 Å². The second-order valence-corrected chi connectivity index (χ2v) is 5.30. The number of carbonyl (C=O) groups is 1. The lowest BCUT2D eigenvalue weighted by molar-refractivity contribution is 0.102. The molecule has 0 fully saturated rings. The first kappa shape index (κ1) is 16.5. The van der Waals surface area contributed by atoms with Gasteiger partial charge in [-0.15, -0.1) is 0 Å². The molecule has 1 N–H and O–H groups in total. The Bertz CT molecular complexity index is 654. The van der Waals surface area contributed by atoms with Crippen LogP contribution in [0.15, 0.2) is 30.6 Å². The Morgan fingerprint density at radius 3 is 2.41 bits per heavy atom. The summed E-state index contributed by atoms with van der Waals surface area (Å²) in [6.45, 7) is 5.64. The van der Waals surface area contributed by atoms with Crippen molar-refractivity contribution in [2.45, 2.75) is 13.8 Å². The van der Waals surface area contributed by atoms with Gasteiger partial charge < -0.3 is 10.2 Å². The molecule has 0 saturated carbocycles. The number of carbonyl (C=O) groups excluding carboxylic acids is 1. The molecule has 7 heteroatoms. The molecule has 22 heavy (non-hydrogen) atoms. The third-order valence-corrected chi connectivity index (χ3v) is 3.80. The summed E-state index contributed by atoms with van der Waals surface area (Å²) >= 11 is 12.1. The zero-order valence-corrected chi connectivity index (χ0v) is 13.8. The van der Waals surface area contributed by atoms with Crippen LogP contribution in [-0.2, 0) is 0 Å². The van der Waals surface area contributed by atoms with Crippen molar-refractivity contribution < 1.29 is 4.79 Å². The summed E-state index contributed by atoms with van der Waals surface area (Å²) in [5, 5.41) is 3.43. The SMILES string of the molecule is CCN(CC)c1cc(C(=O)Nc2c(Cl)cccc2Cl)ncn1. The maximum atomic E-state index is 12.3. The summed E-state index contributed by atoms with van der Waals surface area (Å²) in [6.07, 6.45) is 1.37. The van der Waals surface area contributed by atoms with Crippen LogP contribution in [-0.4, -0.2) is 29.0 Å². The molecule has 2 rings (SSSR count). The maximum Gasteiger partial charge on any atom is 0.274 e. The largest absolute Gasteiger partial charge is 0.357 e. The van der Waals surface area contributed by atoms with E-state index >= 15 is 0 Å². The fourth-order valence-corrected chi connectivity index (χ4v) is 2.48. The molecule has 0 bridgehead atoms. The van der Waals surface area contributed by atoms with E-state index in [0.717, 1.165) is 13.1 Å². The van der Waals surface area contributed by atoms with Gasteiger partial charge in [0.1, 0.15) is 17.8 Å². The molecular weight excluding hydrogens is 323 g/mol. The number of aromatic nitrogens is 2. The number of rotatable bonds is 5. The minimum absolute atomic E-state index is 0.257. The van der Waals surface area contributed by atoms with E-state index in [1.807, 2.05) is 18.7 Å². The van der Waals surface area contributed by atoms with Crippen molar-refractivity contribution in [2.75, 3.05) is 23.3 Å². The predicted octanol–water partition coefficient (Wildman–Crippen LogP) is 3.88. The van der Waals surface area contributed by atoms with Crippen LogP contribution >= 0.6 is 23.2 Å². The van der Waals surface area contributed by atoms with Crippen molar-refractivity contribution in [3.05, 3.63) is 46.3 Å². The van der Waals surface area contributed by atoms with Crippen molar-refractivity contribution in [1.82, 2.24) is 9.97 Å². The first-order chi connectivity index (χ1) is 10.6. The molecule has 1 amide bonds. The fraction of sp³-hybridized carbons (Fsp3) is 0.267. The van der Waals surface area contributed by atoms with Gasteiger partial charge in [0.25, 0.3) is 5.91 Å². The van der Waals surface area contributed by atoms with Gasteiger partial charge in [-0.25, -0.2) is 9.97 Å². The Morgan fingerprint density at radius 2 is 1.82 bits per heavy atom. The van der Waals surface area contributed by atoms with Gasteiger partial charge in [0, 0.05) is 19.2 Å². The average Bonchev–Trinajstić information content (AvgIpc) is 2.52. The Kier molecular flexibility index (Phi) is 5.57. The van der Waals surface area contributed by atoms with E-state index in [2.05, 4.69) is 15.3 Å². The molecule has 5 nitrogen and oxygen atoms in total. The molecular formula is C15H16Cl2N4O. The van der Waals surface area contributed by atoms with Crippen LogP contribution in [0.5, 0.6) is 0 Å². The molecule has 0 unspecified atom stereocenters. The zero-order chi connectivity index (χ0) is 16.1. The van der Waals surface area contributed by atoms with Crippen LogP contribution < -0.4 is 10.2 Å². The Labute approximate surface area is 139 Å². The summed E-state index contributed by atoms with van der Waals surface area (Å²) in [5.41, 5.74) is 0.631. The molecule has 2 aromatic rings. The van der Waals surface area contributed by atoms with E-state index in [1.54, 1.807) is 24.3 Å². The Morgan fingerprint density at radius 1 is 1.18 bits per heavy atom. The van der Waals surface area contributed by atoms with Crippen LogP contribution in [0.2, 0.25) is 10.0 Å². The summed E-state index contributed by atoms with van der Waals surface area (Å²) in [7, 11) is 0. The number of nitrogens with one attached hydrogen (secondary N) is 1. The quantitative estimate of drug-likeness (QED) is 0.898. The molecule has 116 valence electrons. The van der Waals surface area contributed by atoms with Gasteiger partial charge in [-0.2, -0.15) is 0 Å². The third-order valence-electron chi connectivity index (χ3n) is 3.17. The number of amides is 1. The van der Waals surface area contributed by atoms with Crippen molar-refractivity contribution in [1.29, 1.82) is 0 Å². The molecule has 0 atom stereocenters. The molecule has 0 saturated heterocycles. The maximum absolute atomic E-state index is 12.3. The van der Waals surface area contributed by atoms with E-state index in [-0.39, 0.29) is 11.6 Å². The second-order valence-electron chi connectivity index (χ2n) is 4.48. The first-order valence-electron chi connectivity index (χ1n) is 6.89. The van der Waals surface area contributed by atoms with Crippen molar-refractivity contribution in [3.8, 4) is 0 Å². The van der Waals surface area contributed by atoms with Crippen LogP contribution in [0.3, 0.4) is 0 Å². The van der Waals surface area contributed by atoms with Crippen molar-refractivity contribution in [3.63, 3.8) is 0 Å². The normalized spacial score (nSPS) is 10.4. The summed E-state index contributed by atoms with van der Waals surface area (Å²) < 4.78 is 0. The second kappa shape index (κ2) is 7.42. The molecule has 1 heterocycles. The number of anilines is 2. The third kappa shape index (κ3) is 3.67. The van der Waals surface area contributed by atoms with Gasteiger partial charge in [-0.05, 0) is 26.0 Å². The minimum Gasteiger partial charge on any atom is -0.357 e. The zero-order valence-electron chi connectivity index (χ0n) is 12.3. The first-order valence-corrected chi connectivity index (χ1v) is 7.64. The number of halogens is 2. The van der Waals surface area contributed by atoms with Gasteiger partial charge in [0.2, 0.25) is 0 Å². The highest BCUT2D eigenvalue weighted by molar-refractivity contribution is 6.40. The summed E-state index contributed by atoms with van der Waals surface area (Å²) in [5.74, 6) is 0.321. The fourth-order valence-electron chi connectivity index (χ4n) is 1.99. The van der Waals surface area contributed by atoms with E-state index in [4.69, 9.17) is 23.2 Å². The summed E-state index contributed by atoms with van der Waals surface area (Å²) in [4.78, 5) is 22.6. The molecule has 1 aromatic heterocycles. The van der Waals surface area contributed by atoms with E-state index in [9.17, 15) is 4.79 Å². The van der Waals surface area contributed by atoms with Gasteiger partial charge in [-0.3, -0.25) is 4.79 Å². The predicted molar refractivity (Wildman–Crippen MR) is 90.0 cm³/mol. The number of benzene rings is 1. The monoisotopic (exact) mass is 338 g/mol. The van der Waals surface area contributed by atoms with E-state index in [0.29, 0.717) is 21.6 Å². The van der Waals surface area contributed by atoms with Crippen LogP contribution in [0.25, 0.3) is 0 Å². The lowest BCUT2D eigenvalue weighted by atomic mass is 10.3. The van der Waals surface area contributed by atoms with E-state index in [1.165, 1.54) is 6.33 Å². The molecule has 0 spiro atoms. The van der Waals surface area contributed by atoms with Gasteiger partial charge >= 0.3 is 0 Å². The Balaban J connectivity index is 2.25. The van der Waals surface area contributed by atoms with Gasteiger partial charge in [-0.1, -0.05) is 29.3 Å². The molecule has 0 radical (unpaired) electrons. The summed E-state index contributed by atoms with van der Waals surface area (Å²) in [6, 6.07) is 6.67. The lowest BCUT2D eigenvalue weighted by Crippen LogP contribution is -2.24. The molecule has 0 aliphatic heterocycles. The molecule has 0 aliphatic rings. The highest BCUT2D eigenvalue weighted by Gasteiger charge is 2.14. The molecule has 1 aromatic carbocycles. The van der Waals surface area contributed by atoms with Crippen LogP contribution in [0.1, 0.15) is 24.3 Å². The minimum atomic E-state index is -0.384. The van der Waals surface area contributed by atoms with Crippen LogP contribution in [0.4, 0.5) is 11.5 Å². The van der Waals surface area contributed by atoms with E-state index < -0.39 is 0 Å². The van der Waals surface area contributed by atoms with Crippen molar-refractivity contribution >= 4 is 40.6 Å². The highest BCUT2D eigenvalue weighted by Crippen LogP contribution is 2.30. The van der Waals surface area contributed by atoms with Crippen molar-refractivity contribution in [2.24, 2.45) is 0 Å². The number of hydrogen-bond acceptors (Lipinski definition) is 4. The Hall–Kier alpha value is -1.85. The smallest absolute Gasteiger partial charge is 0.274 e. The standard InChI is InChI=1S/C15H16Cl2N4O/c1-3-21(4-2)13-8-12(18-9-19-13)15(22)20-14-10(16)6-5-7-11(14)17/h5-9H,3-4H2,1-2H3,(H,20,22). The van der Waals surface area contributed by atoms with Gasteiger partial charge in [0.05, 0.1) is 15.7 Å². The number of nitrogens with zero attached hydrogens (tertiary/aromatic N) is 3.